The minimum atomic E-state index is -0.943. The molecule has 0 aliphatic heterocycles. The lowest BCUT2D eigenvalue weighted by Gasteiger charge is -2.19. The van der Waals surface area contributed by atoms with E-state index in [-0.39, 0.29) is 0 Å². The number of ether oxygens (including phenoxy) is 1. The van der Waals surface area contributed by atoms with Crippen molar-refractivity contribution in [3.05, 3.63) is 64.5 Å². The van der Waals surface area contributed by atoms with Crippen LogP contribution >= 0.6 is 15.9 Å². The van der Waals surface area contributed by atoms with Crippen LogP contribution in [-0.2, 0) is 4.74 Å². The minimum Gasteiger partial charge on any atom is -0.443 e. The molecule has 0 saturated heterocycles. The van der Waals surface area contributed by atoms with Crippen LogP contribution in [-0.4, -0.2) is 26.4 Å². The molecule has 0 radical (unpaired) electrons. The Morgan fingerprint density at radius 2 is 1.96 bits per heavy atom. The van der Waals surface area contributed by atoms with Gasteiger partial charge in [0.2, 0.25) is 0 Å². The molecule has 0 spiro atoms. The van der Waals surface area contributed by atoms with E-state index in [9.17, 15) is 9.90 Å². The number of carbonyl (C=O) groups excluding carboxylic acids is 1. The molecule has 0 amide bonds. The summed E-state index contributed by atoms with van der Waals surface area (Å²) in [4.78, 5) is 16.8. The second kappa shape index (κ2) is 6.61. The summed E-state index contributed by atoms with van der Waals surface area (Å²) in [6, 6.07) is 11.0. The van der Waals surface area contributed by atoms with Crippen LogP contribution < -0.4 is 0 Å². The van der Waals surface area contributed by atoms with Gasteiger partial charge < -0.3 is 9.84 Å². The van der Waals surface area contributed by atoms with Crippen LogP contribution in [0.5, 0.6) is 0 Å². The monoisotopic (exact) mass is 402 g/mol. The Bertz CT molecular complexity index is 911. The van der Waals surface area contributed by atoms with Gasteiger partial charge in [-0.2, -0.15) is 0 Å². The number of aliphatic hydroxyl groups excluding tert-OH is 1. The van der Waals surface area contributed by atoms with E-state index >= 15 is 0 Å². The van der Waals surface area contributed by atoms with Crippen LogP contribution in [0.25, 0.3) is 10.9 Å². The van der Waals surface area contributed by atoms with Gasteiger partial charge in [0, 0.05) is 27.8 Å². The number of rotatable bonds is 2. The molecular formula is C19H19BrN2O3. The molecule has 0 saturated carbocycles. The summed E-state index contributed by atoms with van der Waals surface area (Å²) in [5.74, 6) is 0. The molecule has 1 unspecified atom stereocenters. The quantitative estimate of drug-likeness (QED) is 0.676. The molecule has 5 nitrogen and oxygen atoms in total. The lowest BCUT2D eigenvalue weighted by atomic mass is 10.1. The molecule has 0 aliphatic rings. The van der Waals surface area contributed by atoms with Gasteiger partial charge in [-0.05, 0) is 54.9 Å². The first kappa shape index (κ1) is 17.6. The first-order chi connectivity index (χ1) is 11.8. The number of nitrogens with zero attached hydrogens (tertiary/aromatic N) is 2. The topological polar surface area (TPSA) is 64.3 Å². The summed E-state index contributed by atoms with van der Waals surface area (Å²) < 4.78 is 7.73. The van der Waals surface area contributed by atoms with Crippen molar-refractivity contribution < 1.29 is 14.6 Å². The zero-order chi connectivity index (χ0) is 18.2. The van der Waals surface area contributed by atoms with E-state index in [0.29, 0.717) is 16.8 Å². The third kappa shape index (κ3) is 3.75. The van der Waals surface area contributed by atoms with Crippen LogP contribution in [0.3, 0.4) is 0 Å². The maximum Gasteiger partial charge on any atom is 0.419 e. The Hall–Kier alpha value is -2.18. The van der Waals surface area contributed by atoms with Crippen LogP contribution in [0.4, 0.5) is 4.79 Å². The summed E-state index contributed by atoms with van der Waals surface area (Å²) >= 11 is 3.33. The van der Waals surface area contributed by atoms with Crippen molar-refractivity contribution in [1.82, 2.24) is 9.55 Å². The van der Waals surface area contributed by atoms with Crippen LogP contribution in [0.15, 0.2) is 53.3 Å². The Balaban J connectivity index is 2.07. The summed E-state index contributed by atoms with van der Waals surface area (Å²) in [5, 5.41) is 11.5. The molecule has 0 bridgehead atoms. The number of aliphatic hydroxyl groups is 1. The minimum absolute atomic E-state index is 0.481. The predicted molar refractivity (Wildman–Crippen MR) is 99.6 cm³/mol. The molecule has 25 heavy (non-hydrogen) atoms. The zero-order valence-corrected chi connectivity index (χ0v) is 15.8. The number of halogens is 1. The second-order valence-corrected chi connectivity index (χ2v) is 7.67. The van der Waals surface area contributed by atoms with E-state index in [4.69, 9.17) is 4.74 Å². The van der Waals surface area contributed by atoms with Gasteiger partial charge in [0.15, 0.2) is 0 Å². The number of para-hydroxylation sites is 1. The first-order valence-corrected chi connectivity index (χ1v) is 8.68. The molecule has 6 heteroatoms. The smallest absolute Gasteiger partial charge is 0.419 e. The molecule has 1 N–H and O–H groups in total. The van der Waals surface area contributed by atoms with E-state index < -0.39 is 17.8 Å². The lowest BCUT2D eigenvalue weighted by molar-refractivity contribution is 0.0544. The normalized spacial score (nSPS) is 13.0. The molecule has 3 rings (SSSR count). The molecule has 1 atom stereocenters. The SMILES string of the molecule is CC(C)(C)OC(=O)n1cc(C(O)c2ccc(Br)cn2)c2ccccc21. The Labute approximate surface area is 154 Å². The van der Waals surface area contributed by atoms with E-state index in [1.165, 1.54) is 4.57 Å². The molecule has 2 heterocycles. The predicted octanol–water partition coefficient (Wildman–Crippen LogP) is 4.66. The maximum atomic E-state index is 12.5. The van der Waals surface area contributed by atoms with Crippen molar-refractivity contribution in [3.8, 4) is 0 Å². The zero-order valence-electron chi connectivity index (χ0n) is 14.2. The van der Waals surface area contributed by atoms with Gasteiger partial charge in [0.1, 0.15) is 11.7 Å². The third-order valence-electron chi connectivity index (χ3n) is 3.66. The number of fused-ring (bicyclic) bond motifs is 1. The van der Waals surface area contributed by atoms with Crippen molar-refractivity contribution in [2.75, 3.05) is 0 Å². The Morgan fingerprint density at radius 1 is 1.24 bits per heavy atom. The number of aromatic nitrogens is 2. The van der Waals surface area contributed by atoms with E-state index in [1.54, 1.807) is 18.5 Å². The number of pyridine rings is 1. The average molecular weight is 403 g/mol. The van der Waals surface area contributed by atoms with Crippen LogP contribution in [0, 0.1) is 0 Å². The molecule has 3 aromatic rings. The molecule has 2 aromatic heterocycles. The fraction of sp³-hybridized carbons (Fsp3) is 0.263. The van der Waals surface area contributed by atoms with Crippen molar-refractivity contribution in [2.24, 2.45) is 0 Å². The van der Waals surface area contributed by atoms with Crippen molar-refractivity contribution >= 4 is 32.9 Å². The van der Waals surface area contributed by atoms with E-state index in [2.05, 4.69) is 20.9 Å². The average Bonchev–Trinajstić information content (AvgIpc) is 2.93. The number of carbonyl (C=O) groups is 1. The highest BCUT2D eigenvalue weighted by molar-refractivity contribution is 9.10. The van der Waals surface area contributed by atoms with Gasteiger partial charge in [-0.1, -0.05) is 18.2 Å². The van der Waals surface area contributed by atoms with Gasteiger partial charge >= 0.3 is 6.09 Å². The van der Waals surface area contributed by atoms with Crippen molar-refractivity contribution in [2.45, 2.75) is 32.5 Å². The summed E-state index contributed by atoms with van der Waals surface area (Å²) in [6.07, 6.45) is 1.83. The summed E-state index contributed by atoms with van der Waals surface area (Å²) in [5.41, 5.74) is 1.20. The number of benzene rings is 1. The summed E-state index contributed by atoms with van der Waals surface area (Å²) in [6.45, 7) is 5.45. The number of hydrogen-bond acceptors (Lipinski definition) is 4. The van der Waals surface area contributed by atoms with Crippen molar-refractivity contribution in [1.29, 1.82) is 0 Å². The van der Waals surface area contributed by atoms with Crippen molar-refractivity contribution in [3.63, 3.8) is 0 Å². The standard InChI is InChI=1S/C19H19BrN2O3/c1-19(2,3)25-18(24)22-11-14(13-6-4-5-7-16(13)22)17(23)15-9-8-12(20)10-21-15/h4-11,17,23H,1-3H3. The lowest BCUT2D eigenvalue weighted by Crippen LogP contribution is -2.26. The molecule has 130 valence electrons. The first-order valence-electron chi connectivity index (χ1n) is 7.89. The van der Waals surface area contributed by atoms with E-state index in [1.807, 2.05) is 51.1 Å². The second-order valence-electron chi connectivity index (χ2n) is 6.76. The highest BCUT2D eigenvalue weighted by Gasteiger charge is 2.23. The molecule has 0 fully saturated rings. The molecule has 1 aromatic carbocycles. The highest BCUT2D eigenvalue weighted by Crippen LogP contribution is 2.30. The summed E-state index contributed by atoms with van der Waals surface area (Å²) in [7, 11) is 0. The van der Waals surface area contributed by atoms with Gasteiger partial charge in [-0.15, -0.1) is 0 Å². The molecule has 0 aliphatic carbocycles. The van der Waals surface area contributed by atoms with Gasteiger partial charge in [0.25, 0.3) is 0 Å². The van der Waals surface area contributed by atoms with Crippen LogP contribution in [0.1, 0.15) is 38.1 Å². The largest absolute Gasteiger partial charge is 0.443 e. The van der Waals surface area contributed by atoms with E-state index in [0.717, 1.165) is 9.86 Å². The fourth-order valence-electron chi connectivity index (χ4n) is 2.59. The Morgan fingerprint density at radius 3 is 2.60 bits per heavy atom. The highest BCUT2D eigenvalue weighted by atomic mass is 79.9. The van der Waals surface area contributed by atoms with Gasteiger partial charge in [0.05, 0.1) is 11.2 Å². The Kier molecular flexibility index (Phi) is 4.67. The van der Waals surface area contributed by atoms with Gasteiger partial charge in [-0.25, -0.2) is 4.79 Å². The third-order valence-corrected chi connectivity index (χ3v) is 4.13. The van der Waals surface area contributed by atoms with Crippen LogP contribution in [0.2, 0.25) is 0 Å². The number of hydrogen-bond donors (Lipinski definition) is 1. The fourth-order valence-corrected chi connectivity index (χ4v) is 2.83. The maximum absolute atomic E-state index is 12.5. The molecular weight excluding hydrogens is 384 g/mol. The van der Waals surface area contributed by atoms with Gasteiger partial charge in [-0.3, -0.25) is 9.55 Å².